The molecule has 15 heavy (non-hydrogen) atoms. The number of carbonyl (C=O) groups excluding carboxylic acids is 1. The smallest absolute Gasteiger partial charge is 0.227 e. The van der Waals surface area contributed by atoms with E-state index in [-0.39, 0.29) is 12.5 Å². The second kappa shape index (κ2) is 4.45. The Morgan fingerprint density at radius 1 is 1.40 bits per heavy atom. The Kier molecular flexibility index (Phi) is 3.02. The van der Waals surface area contributed by atoms with E-state index in [0.717, 1.165) is 18.7 Å². The van der Waals surface area contributed by atoms with Gasteiger partial charge in [-0.15, -0.1) is 0 Å². The molecule has 1 amide bonds. The van der Waals surface area contributed by atoms with E-state index in [1.165, 1.54) is 5.56 Å². The van der Waals surface area contributed by atoms with Gasteiger partial charge in [0.15, 0.2) is 0 Å². The van der Waals surface area contributed by atoms with Gasteiger partial charge in [0.05, 0.1) is 0 Å². The molecule has 1 aliphatic rings. The van der Waals surface area contributed by atoms with Crippen LogP contribution in [0.15, 0.2) is 24.3 Å². The molecule has 0 saturated carbocycles. The van der Waals surface area contributed by atoms with Crippen molar-refractivity contribution < 1.29 is 9.90 Å². The van der Waals surface area contributed by atoms with Crippen LogP contribution in [-0.2, 0) is 11.2 Å². The van der Waals surface area contributed by atoms with Crippen molar-refractivity contribution in [1.29, 1.82) is 0 Å². The van der Waals surface area contributed by atoms with Crippen LogP contribution in [0.3, 0.4) is 0 Å². The minimum Gasteiger partial charge on any atom is -0.396 e. The Hall–Kier alpha value is -1.35. The third kappa shape index (κ3) is 2.02. The number of aliphatic hydroxyl groups excluding tert-OH is 1. The Balaban J connectivity index is 2.10. The van der Waals surface area contributed by atoms with Crippen molar-refractivity contribution in [1.82, 2.24) is 0 Å². The van der Waals surface area contributed by atoms with E-state index >= 15 is 0 Å². The molecule has 1 heterocycles. The highest BCUT2D eigenvalue weighted by molar-refractivity contribution is 5.95. The van der Waals surface area contributed by atoms with E-state index in [4.69, 9.17) is 5.11 Å². The number of anilines is 1. The summed E-state index contributed by atoms with van der Waals surface area (Å²) < 4.78 is 0. The molecular weight excluding hydrogens is 190 g/mol. The van der Waals surface area contributed by atoms with Gasteiger partial charge in [-0.2, -0.15) is 0 Å². The normalized spacial score (nSPS) is 14.1. The zero-order valence-corrected chi connectivity index (χ0v) is 8.65. The second-order valence-electron chi connectivity index (χ2n) is 3.75. The van der Waals surface area contributed by atoms with Crippen LogP contribution in [0.25, 0.3) is 0 Å². The Morgan fingerprint density at radius 2 is 2.20 bits per heavy atom. The molecule has 80 valence electrons. The van der Waals surface area contributed by atoms with Crippen LogP contribution in [0.2, 0.25) is 0 Å². The summed E-state index contributed by atoms with van der Waals surface area (Å²) in [5.74, 6) is 0.119. The average Bonchev–Trinajstić information content (AvgIpc) is 2.69. The summed E-state index contributed by atoms with van der Waals surface area (Å²) in [6, 6.07) is 8.00. The van der Waals surface area contributed by atoms with Gasteiger partial charge in [-0.3, -0.25) is 4.79 Å². The first-order valence-electron chi connectivity index (χ1n) is 5.32. The minimum absolute atomic E-state index is 0.0846. The van der Waals surface area contributed by atoms with E-state index in [0.29, 0.717) is 12.8 Å². The van der Waals surface area contributed by atoms with Gasteiger partial charge in [-0.25, -0.2) is 0 Å². The van der Waals surface area contributed by atoms with E-state index in [9.17, 15) is 4.79 Å². The molecule has 1 aliphatic heterocycles. The van der Waals surface area contributed by atoms with Crippen molar-refractivity contribution in [2.75, 3.05) is 18.1 Å². The van der Waals surface area contributed by atoms with Crippen LogP contribution in [0.5, 0.6) is 0 Å². The molecule has 1 aromatic carbocycles. The molecule has 0 radical (unpaired) electrons. The third-order valence-electron chi connectivity index (χ3n) is 2.74. The lowest BCUT2D eigenvalue weighted by Crippen LogP contribution is -2.28. The topological polar surface area (TPSA) is 40.5 Å². The zero-order valence-electron chi connectivity index (χ0n) is 8.65. The summed E-state index contributed by atoms with van der Waals surface area (Å²) in [6.45, 7) is 0.866. The summed E-state index contributed by atoms with van der Waals surface area (Å²) in [6.07, 6.45) is 1.93. The number of para-hydroxylation sites is 1. The first kappa shape index (κ1) is 10.2. The molecule has 0 unspecified atom stereocenters. The fraction of sp³-hybridized carbons (Fsp3) is 0.417. The number of aliphatic hydroxyl groups is 1. The predicted molar refractivity (Wildman–Crippen MR) is 58.8 cm³/mol. The standard InChI is InChI=1S/C12H15NO2/c14-9-3-6-12(15)13-8-7-10-4-1-2-5-11(10)13/h1-2,4-5,14H,3,6-9H2. The average molecular weight is 205 g/mol. The first-order chi connectivity index (χ1) is 7.33. The molecule has 1 aromatic rings. The van der Waals surface area contributed by atoms with Crippen LogP contribution < -0.4 is 4.90 Å². The number of rotatable bonds is 3. The lowest BCUT2D eigenvalue weighted by atomic mass is 10.2. The number of hydrogen-bond acceptors (Lipinski definition) is 2. The SMILES string of the molecule is O=C(CCCO)N1CCc2ccccc21. The third-order valence-corrected chi connectivity index (χ3v) is 2.74. The summed E-state index contributed by atoms with van der Waals surface area (Å²) in [5.41, 5.74) is 2.29. The molecule has 0 fully saturated rings. The largest absolute Gasteiger partial charge is 0.396 e. The lowest BCUT2D eigenvalue weighted by molar-refractivity contribution is -0.118. The zero-order chi connectivity index (χ0) is 10.7. The highest BCUT2D eigenvalue weighted by Gasteiger charge is 2.23. The van der Waals surface area contributed by atoms with Crippen molar-refractivity contribution in [2.24, 2.45) is 0 Å². The van der Waals surface area contributed by atoms with E-state index in [2.05, 4.69) is 6.07 Å². The highest BCUT2D eigenvalue weighted by atomic mass is 16.3. The lowest BCUT2D eigenvalue weighted by Gasteiger charge is -2.16. The Bertz CT molecular complexity index is 362. The van der Waals surface area contributed by atoms with Crippen LogP contribution >= 0.6 is 0 Å². The highest BCUT2D eigenvalue weighted by Crippen LogP contribution is 2.27. The molecule has 0 aromatic heterocycles. The molecule has 1 N–H and O–H groups in total. The van der Waals surface area contributed by atoms with Gasteiger partial charge in [0, 0.05) is 25.3 Å². The minimum atomic E-state index is 0.0846. The number of fused-ring (bicyclic) bond motifs is 1. The van der Waals surface area contributed by atoms with Crippen molar-refractivity contribution >= 4 is 11.6 Å². The van der Waals surface area contributed by atoms with Gasteiger partial charge in [-0.05, 0) is 24.5 Å². The number of carbonyl (C=O) groups is 1. The number of hydrogen-bond donors (Lipinski definition) is 1. The maximum absolute atomic E-state index is 11.8. The van der Waals surface area contributed by atoms with Gasteiger partial charge in [0.2, 0.25) is 5.91 Å². The maximum atomic E-state index is 11.8. The van der Waals surface area contributed by atoms with Crippen molar-refractivity contribution in [3.05, 3.63) is 29.8 Å². The Morgan fingerprint density at radius 3 is 3.00 bits per heavy atom. The summed E-state index contributed by atoms with van der Waals surface area (Å²) >= 11 is 0. The van der Waals surface area contributed by atoms with Crippen LogP contribution in [0.4, 0.5) is 5.69 Å². The molecule has 3 heteroatoms. The predicted octanol–water partition coefficient (Wildman–Crippen LogP) is 1.35. The van der Waals surface area contributed by atoms with Crippen LogP contribution in [-0.4, -0.2) is 24.2 Å². The summed E-state index contributed by atoms with van der Waals surface area (Å²) in [4.78, 5) is 13.6. The van der Waals surface area contributed by atoms with Crippen molar-refractivity contribution in [3.63, 3.8) is 0 Å². The fourth-order valence-electron chi connectivity index (χ4n) is 1.96. The molecule has 3 nitrogen and oxygen atoms in total. The van der Waals surface area contributed by atoms with Crippen LogP contribution in [0.1, 0.15) is 18.4 Å². The number of nitrogens with zero attached hydrogens (tertiary/aromatic N) is 1. The van der Waals surface area contributed by atoms with E-state index in [1.807, 2.05) is 23.1 Å². The van der Waals surface area contributed by atoms with Gasteiger partial charge in [0.1, 0.15) is 0 Å². The maximum Gasteiger partial charge on any atom is 0.227 e. The van der Waals surface area contributed by atoms with Gasteiger partial charge in [0.25, 0.3) is 0 Å². The van der Waals surface area contributed by atoms with Gasteiger partial charge >= 0.3 is 0 Å². The molecule has 0 bridgehead atoms. The number of amides is 1. The van der Waals surface area contributed by atoms with Gasteiger partial charge < -0.3 is 10.0 Å². The van der Waals surface area contributed by atoms with E-state index in [1.54, 1.807) is 0 Å². The van der Waals surface area contributed by atoms with Crippen molar-refractivity contribution in [2.45, 2.75) is 19.3 Å². The first-order valence-corrected chi connectivity index (χ1v) is 5.32. The Labute approximate surface area is 89.3 Å². The molecular formula is C12H15NO2. The van der Waals surface area contributed by atoms with Gasteiger partial charge in [-0.1, -0.05) is 18.2 Å². The van der Waals surface area contributed by atoms with Crippen LogP contribution in [0, 0.1) is 0 Å². The van der Waals surface area contributed by atoms with Crippen molar-refractivity contribution in [3.8, 4) is 0 Å². The molecule has 2 rings (SSSR count). The molecule has 0 atom stereocenters. The summed E-state index contributed by atoms with van der Waals surface area (Å²) in [5, 5.41) is 8.68. The fourth-order valence-corrected chi connectivity index (χ4v) is 1.96. The monoisotopic (exact) mass is 205 g/mol. The van der Waals surface area contributed by atoms with E-state index < -0.39 is 0 Å². The molecule has 0 aliphatic carbocycles. The summed E-state index contributed by atoms with van der Waals surface area (Å²) in [7, 11) is 0. The number of benzene rings is 1. The molecule has 0 spiro atoms. The quantitative estimate of drug-likeness (QED) is 0.809. The second-order valence-corrected chi connectivity index (χ2v) is 3.75. The molecule has 0 saturated heterocycles.